The van der Waals surface area contributed by atoms with Crippen molar-refractivity contribution in [2.75, 3.05) is 5.32 Å². The molecule has 4 heteroatoms. The molecule has 1 N–H and O–H groups in total. The summed E-state index contributed by atoms with van der Waals surface area (Å²) in [6, 6.07) is 10.4. The lowest BCUT2D eigenvalue weighted by Crippen LogP contribution is -2.09. The molecule has 0 saturated heterocycles. The second-order valence-corrected chi connectivity index (χ2v) is 5.01. The Morgan fingerprint density at radius 2 is 1.89 bits per heavy atom. The molecule has 0 radical (unpaired) electrons. The quantitative estimate of drug-likeness (QED) is 0.851. The SMILES string of the molecule is CCc1nc(Cl)cc(NC(C)c2ccc(C)cc2)n1. The lowest BCUT2D eigenvalue weighted by molar-refractivity contribution is 0.856. The highest BCUT2D eigenvalue weighted by Gasteiger charge is 2.08. The van der Waals surface area contributed by atoms with E-state index >= 15 is 0 Å². The summed E-state index contributed by atoms with van der Waals surface area (Å²) in [7, 11) is 0. The van der Waals surface area contributed by atoms with Gasteiger partial charge in [0.25, 0.3) is 0 Å². The second-order valence-electron chi connectivity index (χ2n) is 4.62. The first-order valence-electron chi connectivity index (χ1n) is 6.45. The maximum Gasteiger partial charge on any atom is 0.134 e. The van der Waals surface area contributed by atoms with Crippen LogP contribution in [0.25, 0.3) is 0 Å². The van der Waals surface area contributed by atoms with Gasteiger partial charge in [0.2, 0.25) is 0 Å². The molecule has 1 aromatic heterocycles. The molecular weight excluding hydrogens is 258 g/mol. The minimum Gasteiger partial charge on any atom is -0.363 e. The van der Waals surface area contributed by atoms with Crippen LogP contribution in [0.1, 0.15) is 36.8 Å². The van der Waals surface area contributed by atoms with E-state index in [0.717, 1.165) is 18.1 Å². The van der Waals surface area contributed by atoms with Crippen molar-refractivity contribution >= 4 is 17.4 Å². The molecule has 0 fully saturated rings. The van der Waals surface area contributed by atoms with Crippen LogP contribution in [-0.4, -0.2) is 9.97 Å². The first-order chi connectivity index (χ1) is 9.08. The van der Waals surface area contributed by atoms with Crippen molar-refractivity contribution in [2.24, 2.45) is 0 Å². The van der Waals surface area contributed by atoms with Crippen LogP contribution in [0.5, 0.6) is 0 Å². The minimum atomic E-state index is 0.177. The summed E-state index contributed by atoms with van der Waals surface area (Å²) in [5, 5.41) is 3.83. The van der Waals surface area contributed by atoms with E-state index in [4.69, 9.17) is 11.6 Å². The lowest BCUT2D eigenvalue weighted by atomic mass is 10.1. The van der Waals surface area contributed by atoms with E-state index in [0.29, 0.717) is 5.15 Å². The van der Waals surface area contributed by atoms with E-state index in [9.17, 15) is 0 Å². The molecular formula is C15H18ClN3. The Morgan fingerprint density at radius 1 is 1.21 bits per heavy atom. The zero-order valence-electron chi connectivity index (χ0n) is 11.4. The number of aryl methyl sites for hydroxylation is 2. The topological polar surface area (TPSA) is 37.8 Å². The molecule has 0 bridgehead atoms. The molecule has 0 aliphatic rings. The molecule has 2 rings (SSSR count). The van der Waals surface area contributed by atoms with Gasteiger partial charge >= 0.3 is 0 Å². The molecule has 1 heterocycles. The highest BCUT2D eigenvalue weighted by Crippen LogP contribution is 2.20. The van der Waals surface area contributed by atoms with E-state index < -0.39 is 0 Å². The van der Waals surface area contributed by atoms with Crippen LogP contribution in [0.3, 0.4) is 0 Å². The van der Waals surface area contributed by atoms with Crippen molar-refractivity contribution in [2.45, 2.75) is 33.2 Å². The number of hydrogen-bond acceptors (Lipinski definition) is 3. The Labute approximate surface area is 119 Å². The smallest absolute Gasteiger partial charge is 0.134 e. The number of nitrogens with one attached hydrogen (secondary N) is 1. The lowest BCUT2D eigenvalue weighted by Gasteiger charge is -2.15. The Hall–Kier alpha value is -1.61. The van der Waals surface area contributed by atoms with Gasteiger partial charge in [-0.05, 0) is 19.4 Å². The molecule has 0 aliphatic heterocycles. The summed E-state index contributed by atoms with van der Waals surface area (Å²) in [6.45, 7) is 6.20. The van der Waals surface area contributed by atoms with E-state index in [1.54, 1.807) is 6.07 Å². The largest absolute Gasteiger partial charge is 0.363 e. The molecule has 19 heavy (non-hydrogen) atoms. The van der Waals surface area contributed by atoms with Crippen LogP contribution in [0.4, 0.5) is 5.82 Å². The van der Waals surface area contributed by atoms with E-state index in [1.807, 2.05) is 6.92 Å². The van der Waals surface area contributed by atoms with Crippen LogP contribution in [0.15, 0.2) is 30.3 Å². The number of rotatable bonds is 4. The van der Waals surface area contributed by atoms with Gasteiger partial charge < -0.3 is 5.32 Å². The first-order valence-corrected chi connectivity index (χ1v) is 6.83. The summed E-state index contributed by atoms with van der Waals surface area (Å²) >= 11 is 5.99. The third-order valence-electron chi connectivity index (χ3n) is 3.00. The molecule has 1 unspecified atom stereocenters. The maximum atomic E-state index is 5.99. The molecule has 100 valence electrons. The van der Waals surface area contributed by atoms with Crippen molar-refractivity contribution in [1.29, 1.82) is 0 Å². The number of aromatic nitrogens is 2. The van der Waals surface area contributed by atoms with Crippen LogP contribution in [0.2, 0.25) is 5.15 Å². The Morgan fingerprint density at radius 3 is 2.53 bits per heavy atom. The zero-order valence-corrected chi connectivity index (χ0v) is 12.2. The molecule has 0 aliphatic carbocycles. The number of benzene rings is 1. The summed E-state index contributed by atoms with van der Waals surface area (Å²) < 4.78 is 0. The van der Waals surface area contributed by atoms with Gasteiger partial charge in [-0.25, -0.2) is 9.97 Å². The summed E-state index contributed by atoms with van der Waals surface area (Å²) in [4.78, 5) is 8.59. The van der Waals surface area contributed by atoms with E-state index in [2.05, 4.69) is 53.4 Å². The summed E-state index contributed by atoms with van der Waals surface area (Å²) in [5.74, 6) is 1.52. The van der Waals surface area contributed by atoms with Gasteiger partial charge in [-0.2, -0.15) is 0 Å². The van der Waals surface area contributed by atoms with Gasteiger partial charge in [-0.1, -0.05) is 48.4 Å². The van der Waals surface area contributed by atoms with Crippen LogP contribution in [0, 0.1) is 6.92 Å². The fourth-order valence-electron chi connectivity index (χ4n) is 1.86. The number of hydrogen-bond donors (Lipinski definition) is 1. The number of halogens is 1. The molecule has 0 amide bonds. The standard InChI is InChI=1S/C15H18ClN3/c1-4-14-18-13(16)9-15(19-14)17-11(3)12-7-5-10(2)6-8-12/h5-9,11H,4H2,1-3H3,(H,17,18,19). The Kier molecular flexibility index (Phi) is 4.38. The number of anilines is 1. The zero-order chi connectivity index (χ0) is 13.8. The predicted octanol–water partition coefficient (Wildman–Crippen LogP) is 4.17. The van der Waals surface area contributed by atoms with E-state index in [-0.39, 0.29) is 6.04 Å². The van der Waals surface area contributed by atoms with Crippen molar-refractivity contribution in [3.8, 4) is 0 Å². The van der Waals surface area contributed by atoms with E-state index in [1.165, 1.54) is 11.1 Å². The van der Waals surface area contributed by atoms with Gasteiger partial charge in [0, 0.05) is 18.5 Å². The average Bonchev–Trinajstić information content (AvgIpc) is 2.38. The fraction of sp³-hybridized carbons (Fsp3) is 0.333. The molecule has 2 aromatic rings. The van der Waals surface area contributed by atoms with Gasteiger partial charge in [-0.15, -0.1) is 0 Å². The number of nitrogens with zero attached hydrogens (tertiary/aromatic N) is 2. The monoisotopic (exact) mass is 275 g/mol. The van der Waals surface area contributed by atoms with Crippen LogP contribution >= 0.6 is 11.6 Å². The third-order valence-corrected chi connectivity index (χ3v) is 3.19. The average molecular weight is 276 g/mol. The van der Waals surface area contributed by atoms with Gasteiger partial charge in [0.1, 0.15) is 16.8 Å². The van der Waals surface area contributed by atoms with Crippen molar-refractivity contribution in [3.05, 3.63) is 52.4 Å². The third kappa shape index (κ3) is 3.67. The minimum absolute atomic E-state index is 0.177. The van der Waals surface area contributed by atoms with Gasteiger partial charge in [0.15, 0.2) is 0 Å². The van der Waals surface area contributed by atoms with Crippen molar-refractivity contribution < 1.29 is 0 Å². The molecule has 0 spiro atoms. The molecule has 3 nitrogen and oxygen atoms in total. The molecule has 0 saturated carbocycles. The van der Waals surface area contributed by atoms with Crippen molar-refractivity contribution in [3.63, 3.8) is 0 Å². The molecule has 1 atom stereocenters. The first kappa shape index (κ1) is 13.8. The summed E-state index contributed by atoms with van der Waals surface area (Å²) in [6.07, 6.45) is 0.772. The molecule has 1 aromatic carbocycles. The van der Waals surface area contributed by atoms with Crippen LogP contribution in [-0.2, 0) is 6.42 Å². The Balaban J connectivity index is 2.16. The second kappa shape index (κ2) is 6.02. The fourth-order valence-corrected chi connectivity index (χ4v) is 2.06. The highest BCUT2D eigenvalue weighted by molar-refractivity contribution is 6.29. The van der Waals surface area contributed by atoms with Gasteiger partial charge in [0.05, 0.1) is 0 Å². The Bertz CT molecular complexity index is 552. The normalized spacial score (nSPS) is 12.2. The van der Waals surface area contributed by atoms with Gasteiger partial charge in [-0.3, -0.25) is 0 Å². The van der Waals surface area contributed by atoms with Crippen LogP contribution < -0.4 is 5.32 Å². The van der Waals surface area contributed by atoms with Crippen molar-refractivity contribution in [1.82, 2.24) is 9.97 Å². The summed E-state index contributed by atoms with van der Waals surface area (Å²) in [5.41, 5.74) is 2.48. The maximum absolute atomic E-state index is 5.99. The highest BCUT2D eigenvalue weighted by atomic mass is 35.5. The predicted molar refractivity (Wildman–Crippen MR) is 79.6 cm³/mol.